The predicted octanol–water partition coefficient (Wildman–Crippen LogP) is 1.85. The zero-order valence-electron chi connectivity index (χ0n) is 14.9. The Morgan fingerprint density at radius 3 is 2.96 bits per heavy atom. The Kier molecular flexibility index (Phi) is 4.57. The highest BCUT2D eigenvalue weighted by molar-refractivity contribution is 5.87. The molecular formula is C18H20FN7O. The Labute approximate surface area is 155 Å². The highest BCUT2D eigenvalue weighted by atomic mass is 19.1. The van der Waals surface area contributed by atoms with Crippen LogP contribution in [0.2, 0.25) is 0 Å². The zero-order valence-corrected chi connectivity index (χ0v) is 14.9. The first kappa shape index (κ1) is 17.2. The van der Waals surface area contributed by atoms with Crippen LogP contribution in [0.25, 0.3) is 16.7 Å². The molecule has 1 atom stereocenters. The van der Waals surface area contributed by atoms with E-state index in [0.717, 1.165) is 30.6 Å². The molecule has 3 heterocycles. The lowest BCUT2D eigenvalue weighted by molar-refractivity contribution is 0.237. The SMILES string of the molecule is CNC(=O)NC1CCCN(c2ncnc3c2cnn3-c2ccccc2F)C1. The minimum Gasteiger partial charge on any atom is -0.354 e. The van der Waals surface area contributed by atoms with Crippen molar-refractivity contribution in [2.24, 2.45) is 0 Å². The van der Waals surface area contributed by atoms with Crippen LogP contribution in [0.5, 0.6) is 0 Å². The van der Waals surface area contributed by atoms with Crippen LogP contribution in [-0.2, 0) is 0 Å². The predicted molar refractivity (Wildman–Crippen MR) is 99.4 cm³/mol. The molecule has 0 aliphatic carbocycles. The number of carbonyl (C=O) groups is 1. The summed E-state index contributed by atoms with van der Waals surface area (Å²) in [5, 5.41) is 10.6. The summed E-state index contributed by atoms with van der Waals surface area (Å²) in [5.74, 6) is 0.376. The zero-order chi connectivity index (χ0) is 18.8. The molecule has 1 unspecified atom stereocenters. The second kappa shape index (κ2) is 7.18. The molecule has 4 rings (SSSR count). The Morgan fingerprint density at radius 1 is 1.30 bits per heavy atom. The summed E-state index contributed by atoms with van der Waals surface area (Å²) in [7, 11) is 1.60. The first-order valence-electron chi connectivity index (χ1n) is 8.84. The second-order valence-electron chi connectivity index (χ2n) is 6.45. The number of benzene rings is 1. The molecule has 1 aliphatic rings. The van der Waals surface area contributed by atoms with Gasteiger partial charge in [-0.3, -0.25) is 0 Å². The van der Waals surface area contributed by atoms with Gasteiger partial charge in [-0.25, -0.2) is 23.8 Å². The number of piperidine rings is 1. The van der Waals surface area contributed by atoms with Crippen molar-refractivity contribution < 1.29 is 9.18 Å². The third-order valence-corrected chi connectivity index (χ3v) is 4.71. The molecule has 1 saturated heterocycles. The van der Waals surface area contributed by atoms with Gasteiger partial charge in [0.1, 0.15) is 23.6 Å². The Balaban J connectivity index is 1.67. The molecule has 2 aromatic heterocycles. The number of amides is 2. The van der Waals surface area contributed by atoms with Crippen molar-refractivity contribution in [2.75, 3.05) is 25.0 Å². The van der Waals surface area contributed by atoms with Gasteiger partial charge in [-0.05, 0) is 25.0 Å². The lowest BCUT2D eigenvalue weighted by Crippen LogP contribution is -2.50. The summed E-state index contributed by atoms with van der Waals surface area (Å²) in [6, 6.07) is 6.29. The maximum atomic E-state index is 14.2. The van der Waals surface area contributed by atoms with Gasteiger partial charge < -0.3 is 15.5 Å². The minimum absolute atomic E-state index is 0.0327. The number of nitrogens with zero attached hydrogens (tertiary/aromatic N) is 5. The first-order valence-corrected chi connectivity index (χ1v) is 8.84. The van der Waals surface area contributed by atoms with E-state index < -0.39 is 0 Å². The molecule has 27 heavy (non-hydrogen) atoms. The third kappa shape index (κ3) is 3.27. The molecule has 0 radical (unpaired) electrons. The number of nitrogens with one attached hydrogen (secondary N) is 2. The van der Waals surface area contributed by atoms with Gasteiger partial charge in [-0.2, -0.15) is 5.10 Å². The molecule has 1 aromatic carbocycles. The number of anilines is 1. The fourth-order valence-corrected chi connectivity index (χ4v) is 3.43. The standard InChI is InChI=1S/C18H20FN7O/c1-20-18(27)24-12-5-4-8-25(10-12)16-13-9-23-26(17(13)22-11-21-16)15-7-3-2-6-14(15)19/h2-3,6-7,9,11-12H,4-5,8,10H2,1H3,(H2,20,24,27). The van der Waals surface area contributed by atoms with Crippen LogP contribution in [-0.4, -0.2) is 52.0 Å². The van der Waals surface area contributed by atoms with Crippen LogP contribution < -0.4 is 15.5 Å². The largest absolute Gasteiger partial charge is 0.354 e. The number of hydrogen-bond donors (Lipinski definition) is 2. The van der Waals surface area contributed by atoms with Crippen molar-refractivity contribution in [3.8, 4) is 5.69 Å². The molecule has 1 aliphatic heterocycles. The molecule has 3 aromatic rings. The van der Waals surface area contributed by atoms with Crippen molar-refractivity contribution in [1.29, 1.82) is 0 Å². The van der Waals surface area contributed by atoms with Crippen LogP contribution >= 0.6 is 0 Å². The minimum atomic E-state index is -0.365. The van der Waals surface area contributed by atoms with Crippen LogP contribution in [0.1, 0.15) is 12.8 Å². The molecule has 0 bridgehead atoms. The van der Waals surface area contributed by atoms with E-state index in [1.54, 1.807) is 31.4 Å². The average Bonchev–Trinajstić information content (AvgIpc) is 3.12. The smallest absolute Gasteiger partial charge is 0.314 e. The maximum absolute atomic E-state index is 14.2. The highest BCUT2D eigenvalue weighted by Gasteiger charge is 2.24. The van der Waals surface area contributed by atoms with Gasteiger partial charge in [-0.1, -0.05) is 12.1 Å². The van der Waals surface area contributed by atoms with Crippen LogP contribution in [0.3, 0.4) is 0 Å². The quantitative estimate of drug-likeness (QED) is 0.736. The summed E-state index contributed by atoms with van der Waals surface area (Å²) < 4.78 is 15.7. The van der Waals surface area contributed by atoms with E-state index in [9.17, 15) is 9.18 Å². The monoisotopic (exact) mass is 369 g/mol. The number of halogens is 1. The van der Waals surface area contributed by atoms with Gasteiger partial charge in [0.05, 0.1) is 11.6 Å². The van der Waals surface area contributed by atoms with Crippen molar-refractivity contribution >= 4 is 22.9 Å². The van der Waals surface area contributed by atoms with Gasteiger partial charge in [0, 0.05) is 26.2 Å². The van der Waals surface area contributed by atoms with Crippen molar-refractivity contribution in [2.45, 2.75) is 18.9 Å². The first-order chi connectivity index (χ1) is 13.2. The van der Waals surface area contributed by atoms with E-state index in [0.29, 0.717) is 17.9 Å². The number of hydrogen-bond acceptors (Lipinski definition) is 5. The number of fused-ring (bicyclic) bond motifs is 1. The number of carbonyl (C=O) groups excluding carboxylic acids is 1. The molecule has 0 saturated carbocycles. The van der Waals surface area contributed by atoms with Crippen molar-refractivity contribution in [1.82, 2.24) is 30.4 Å². The van der Waals surface area contributed by atoms with E-state index in [1.807, 2.05) is 0 Å². The van der Waals surface area contributed by atoms with Gasteiger partial charge in [0.15, 0.2) is 5.65 Å². The molecule has 0 spiro atoms. The van der Waals surface area contributed by atoms with E-state index in [1.165, 1.54) is 17.1 Å². The molecule has 2 N–H and O–H groups in total. The summed E-state index contributed by atoms with van der Waals surface area (Å²) in [6.45, 7) is 1.47. The lowest BCUT2D eigenvalue weighted by Gasteiger charge is -2.34. The van der Waals surface area contributed by atoms with Crippen LogP contribution in [0.4, 0.5) is 15.0 Å². The number of urea groups is 1. The van der Waals surface area contributed by atoms with E-state index in [4.69, 9.17) is 0 Å². The summed E-state index contributed by atoms with van der Waals surface area (Å²) in [6.07, 6.45) is 4.97. The number of rotatable bonds is 3. The Hall–Kier alpha value is -3.23. The number of aromatic nitrogens is 4. The average molecular weight is 369 g/mol. The normalized spacial score (nSPS) is 17.1. The van der Waals surface area contributed by atoms with Crippen LogP contribution in [0, 0.1) is 5.82 Å². The van der Waals surface area contributed by atoms with E-state index in [2.05, 4.69) is 30.6 Å². The Bertz CT molecular complexity index is 973. The fraction of sp³-hybridized carbons (Fsp3) is 0.333. The maximum Gasteiger partial charge on any atom is 0.314 e. The topological polar surface area (TPSA) is 88.0 Å². The molecule has 140 valence electrons. The van der Waals surface area contributed by atoms with E-state index >= 15 is 0 Å². The van der Waals surface area contributed by atoms with Gasteiger partial charge in [0.25, 0.3) is 0 Å². The summed E-state index contributed by atoms with van der Waals surface area (Å²) >= 11 is 0. The number of para-hydroxylation sites is 1. The molecular weight excluding hydrogens is 349 g/mol. The van der Waals surface area contributed by atoms with Gasteiger partial charge in [-0.15, -0.1) is 0 Å². The fourth-order valence-electron chi connectivity index (χ4n) is 3.43. The van der Waals surface area contributed by atoms with Crippen molar-refractivity contribution in [3.05, 3.63) is 42.6 Å². The second-order valence-corrected chi connectivity index (χ2v) is 6.45. The molecule has 8 nitrogen and oxygen atoms in total. The van der Waals surface area contributed by atoms with Gasteiger partial charge in [0.2, 0.25) is 0 Å². The summed E-state index contributed by atoms with van der Waals surface area (Å²) in [5.41, 5.74) is 0.890. The summed E-state index contributed by atoms with van der Waals surface area (Å²) in [4.78, 5) is 22.5. The van der Waals surface area contributed by atoms with Crippen molar-refractivity contribution in [3.63, 3.8) is 0 Å². The molecule has 2 amide bonds. The molecule has 9 heteroatoms. The third-order valence-electron chi connectivity index (χ3n) is 4.71. The lowest BCUT2D eigenvalue weighted by atomic mass is 10.1. The Morgan fingerprint density at radius 2 is 2.15 bits per heavy atom. The van der Waals surface area contributed by atoms with Crippen LogP contribution in [0.15, 0.2) is 36.8 Å². The molecule has 1 fully saturated rings. The van der Waals surface area contributed by atoms with Gasteiger partial charge >= 0.3 is 6.03 Å². The highest BCUT2D eigenvalue weighted by Crippen LogP contribution is 2.27. The van der Waals surface area contributed by atoms with E-state index in [-0.39, 0.29) is 17.9 Å².